The fraction of sp³-hybridized carbons (Fsp3) is 0.462. The van der Waals surface area contributed by atoms with E-state index in [2.05, 4.69) is 12.2 Å². The van der Waals surface area contributed by atoms with Crippen molar-refractivity contribution in [1.82, 2.24) is 0 Å². The average molecular weight is 237 g/mol. The van der Waals surface area contributed by atoms with Crippen LogP contribution in [0.4, 0.5) is 5.69 Å². The van der Waals surface area contributed by atoms with Gasteiger partial charge in [0.25, 0.3) is 0 Å². The Labute approximate surface area is 102 Å². The second-order valence-corrected chi connectivity index (χ2v) is 4.28. The largest absolute Gasteiger partial charge is 0.478 e. The number of carboxylic acids is 1. The third kappa shape index (κ3) is 4.07. The maximum Gasteiger partial charge on any atom is 0.335 e. The maximum atomic E-state index is 10.8. The number of anilines is 1. The average Bonchev–Trinajstić information content (AvgIpc) is 2.26. The lowest BCUT2D eigenvalue weighted by atomic mass is 10.1. The Morgan fingerprint density at radius 3 is 2.76 bits per heavy atom. The van der Waals surface area contributed by atoms with Crippen LogP contribution >= 0.6 is 0 Å². The van der Waals surface area contributed by atoms with Crippen LogP contribution in [0, 0.1) is 12.8 Å². The van der Waals surface area contributed by atoms with E-state index in [0.717, 1.165) is 17.8 Å². The summed E-state index contributed by atoms with van der Waals surface area (Å²) in [4.78, 5) is 10.8. The lowest BCUT2D eigenvalue weighted by Gasteiger charge is -2.13. The van der Waals surface area contributed by atoms with Gasteiger partial charge in [0.2, 0.25) is 0 Å². The molecule has 1 unspecified atom stereocenters. The molecule has 1 aromatic carbocycles. The summed E-state index contributed by atoms with van der Waals surface area (Å²) in [6.07, 6.45) is 0. The van der Waals surface area contributed by atoms with Crippen LogP contribution < -0.4 is 5.32 Å². The number of carboxylic acid groups (broad SMARTS) is 1. The molecule has 94 valence electrons. The number of carbonyl (C=O) groups is 1. The molecule has 0 bridgehead atoms. The molecule has 0 aliphatic rings. The van der Waals surface area contributed by atoms with Gasteiger partial charge in [-0.25, -0.2) is 4.79 Å². The number of aryl methyl sites for hydroxylation is 1. The van der Waals surface area contributed by atoms with Crippen molar-refractivity contribution in [1.29, 1.82) is 0 Å². The summed E-state index contributed by atoms with van der Waals surface area (Å²) in [6.45, 7) is 5.40. The summed E-state index contributed by atoms with van der Waals surface area (Å²) in [7, 11) is 1.68. The molecule has 0 saturated carbocycles. The van der Waals surface area contributed by atoms with Crippen LogP contribution in [0.5, 0.6) is 0 Å². The lowest BCUT2D eigenvalue weighted by Crippen LogP contribution is -2.16. The summed E-state index contributed by atoms with van der Waals surface area (Å²) < 4.78 is 5.05. The third-order valence-corrected chi connectivity index (χ3v) is 2.56. The molecule has 0 aliphatic heterocycles. The molecule has 1 rings (SSSR count). The van der Waals surface area contributed by atoms with E-state index in [1.807, 2.05) is 6.07 Å². The molecule has 0 aromatic heterocycles. The van der Waals surface area contributed by atoms with Crippen LogP contribution in [0.15, 0.2) is 18.2 Å². The minimum absolute atomic E-state index is 0.348. The Balaban J connectivity index is 2.62. The number of hydrogen-bond donors (Lipinski definition) is 2. The van der Waals surface area contributed by atoms with Crippen molar-refractivity contribution < 1.29 is 14.6 Å². The van der Waals surface area contributed by atoms with Gasteiger partial charge in [0.15, 0.2) is 0 Å². The third-order valence-electron chi connectivity index (χ3n) is 2.56. The Morgan fingerprint density at radius 1 is 1.53 bits per heavy atom. The van der Waals surface area contributed by atoms with E-state index in [9.17, 15) is 4.79 Å². The first-order chi connectivity index (χ1) is 8.04. The van der Waals surface area contributed by atoms with Crippen LogP contribution in [0.1, 0.15) is 22.8 Å². The van der Waals surface area contributed by atoms with Gasteiger partial charge in [0.05, 0.1) is 12.2 Å². The van der Waals surface area contributed by atoms with E-state index in [-0.39, 0.29) is 0 Å². The van der Waals surface area contributed by atoms with Crippen LogP contribution in [0.2, 0.25) is 0 Å². The quantitative estimate of drug-likeness (QED) is 0.797. The number of benzene rings is 1. The highest BCUT2D eigenvalue weighted by Crippen LogP contribution is 2.15. The fourth-order valence-corrected chi connectivity index (χ4v) is 1.65. The van der Waals surface area contributed by atoms with Crippen LogP contribution in [0.3, 0.4) is 0 Å². The smallest absolute Gasteiger partial charge is 0.335 e. The van der Waals surface area contributed by atoms with E-state index < -0.39 is 5.97 Å². The molecule has 0 heterocycles. The summed E-state index contributed by atoms with van der Waals surface area (Å²) in [6, 6.07) is 5.26. The van der Waals surface area contributed by atoms with E-state index in [1.165, 1.54) is 0 Å². The van der Waals surface area contributed by atoms with Crippen molar-refractivity contribution in [2.75, 3.05) is 25.6 Å². The molecule has 17 heavy (non-hydrogen) atoms. The summed E-state index contributed by atoms with van der Waals surface area (Å²) in [5, 5.41) is 12.2. The van der Waals surface area contributed by atoms with Crippen LogP contribution in [0.25, 0.3) is 0 Å². The van der Waals surface area contributed by atoms with Crippen molar-refractivity contribution in [3.8, 4) is 0 Å². The van der Waals surface area contributed by atoms with Gasteiger partial charge in [-0.05, 0) is 36.6 Å². The highest BCUT2D eigenvalue weighted by atomic mass is 16.5. The zero-order chi connectivity index (χ0) is 12.8. The Kier molecular flexibility index (Phi) is 4.97. The zero-order valence-corrected chi connectivity index (χ0v) is 10.5. The van der Waals surface area contributed by atoms with Crippen LogP contribution in [-0.4, -0.2) is 31.3 Å². The number of methoxy groups -OCH3 is 1. The molecule has 1 aromatic rings. The molecule has 4 heteroatoms. The SMILES string of the molecule is COCC(C)CNc1ccc(C(=O)O)c(C)c1. The first-order valence-corrected chi connectivity index (χ1v) is 5.61. The van der Waals surface area contributed by atoms with Gasteiger partial charge in [-0.2, -0.15) is 0 Å². The monoisotopic (exact) mass is 237 g/mol. The molecular weight excluding hydrogens is 218 g/mol. The number of rotatable bonds is 6. The molecule has 0 fully saturated rings. The molecule has 0 radical (unpaired) electrons. The Morgan fingerprint density at radius 2 is 2.24 bits per heavy atom. The van der Waals surface area contributed by atoms with Crippen molar-refractivity contribution >= 4 is 11.7 Å². The standard InChI is InChI=1S/C13H19NO3/c1-9(8-17-3)7-14-11-4-5-12(13(15)16)10(2)6-11/h4-6,9,14H,7-8H2,1-3H3,(H,15,16). The first kappa shape index (κ1) is 13.5. The molecule has 0 aliphatic carbocycles. The Hall–Kier alpha value is -1.55. The second-order valence-electron chi connectivity index (χ2n) is 4.28. The Bertz CT molecular complexity index is 390. The van der Waals surface area contributed by atoms with Gasteiger partial charge >= 0.3 is 5.97 Å². The predicted octanol–water partition coefficient (Wildman–Crippen LogP) is 2.39. The molecule has 2 N–H and O–H groups in total. The summed E-state index contributed by atoms with van der Waals surface area (Å²) >= 11 is 0. The van der Waals surface area contributed by atoms with Gasteiger partial charge in [0, 0.05) is 19.3 Å². The van der Waals surface area contributed by atoms with E-state index in [1.54, 1.807) is 26.2 Å². The minimum atomic E-state index is -0.887. The van der Waals surface area contributed by atoms with Gasteiger partial charge in [-0.15, -0.1) is 0 Å². The summed E-state index contributed by atoms with van der Waals surface area (Å²) in [5.74, 6) is -0.471. The highest BCUT2D eigenvalue weighted by Gasteiger charge is 2.07. The van der Waals surface area contributed by atoms with E-state index in [4.69, 9.17) is 9.84 Å². The topological polar surface area (TPSA) is 58.6 Å². The molecule has 1 atom stereocenters. The van der Waals surface area contributed by atoms with Crippen molar-refractivity contribution in [3.63, 3.8) is 0 Å². The maximum absolute atomic E-state index is 10.8. The molecule has 0 spiro atoms. The van der Waals surface area contributed by atoms with Crippen LogP contribution in [-0.2, 0) is 4.74 Å². The van der Waals surface area contributed by atoms with Gasteiger partial charge < -0.3 is 15.2 Å². The van der Waals surface area contributed by atoms with Crippen molar-refractivity contribution in [2.45, 2.75) is 13.8 Å². The zero-order valence-electron chi connectivity index (χ0n) is 10.5. The number of ether oxygens (including phenoxy) is 1. The fourth-order valence-electron chi connectivity index (χ4n) is 1.65. The van der Waals surface area contributed by atoms with E-state index >= 15 is 0 Å². The number of nitrogens with one attached hydrogen (secondary N) is 1. The molecule has 0 amide bonds. The number of hydrogen-bond acceptors (Lipinski definition) is 3. The normalized spacial score (nSPS) is 12.2. The van der Waals surface area contributed by atoms with E-state index in [0.29, 0.717) is 18.1 Å². The molecule has 4 nitrogen and oxygen atoms in total. The molecular formula is C13H19NO3. The minimum Gasteiger partial charge on any atom is -0.478 e. The predicted molar refractivity (Wildman–Crippen MR) is 67.7 cm³/mol. The van der Waals surface area contributed by atoms with Gasteiger partial charge in [-0.1, -0.05) is 6.92 Å². The molecule has 0 saturated heterocycles. The lowest BCUT2D eigenvalue weighted by molar-refractivity contribution is 0.0696. The second kappa shape index (κ2) is 6.25. The first-order valence-electron chi connectivity index (χ1n) is 5.61. The van der Waals surface area contributed by atoms with Gasteiger partial charge in [-0.3, -0.25) is 0 Å². The van der Waals surface area contributed by atoms with Gasteiger partial charge in [0.1, 0.15) is 0 Å². The number of aromatic carboxylic acids is 1. The van der Waals surface area contributed by atoms with Crippen molar-refractivity contribution in [3.05, 3.63) is 29.3 Å². The highest BCUT2D eigenvalue weighted by molar-refractivity contribution is 5.89. The van der Waals surface area contributed by atoms with Crippen molar-refractivity contribution in [2.24, 2.45) is 5.92 Å². The summed E-state index contributed by atoms with van der Waals surface area (Å²) in [5.41, 5.74) is 2.05.